The van der Waals surface area contributed by atoms with Gasteiger partial charge >= 0.3 is 0 Å². The third-order valence-corrected chi connectivity index (χ3v) is 4.99. The van der Waals surface area contributed by atoms with E-state index in [0.29, 0.717) is 22.0 Å². The number of aromatic nitrogens is 1. The third-order valence-electron chi connectivity index (χ3n) is 3.58. The molecule has 3 rings (SSSR count). The first-order valence-corrected chi connectivity index (χ1v) is 8.86. The Labute approximate surface area is 144 Å². The maximum absolute atomic E-state index is 12.5. The van der Waals surface area contributed by atoms with Gasteiger partial charge in [-0.15, -0.1) is 0 Å². The van der Waals surface area contributed by atoms with Crippen molar-refractivity contribution in [2.45, 2.75) is 11.3 Å². The number of hydrogen-bond acceptors (Lipinski definition) is 5. The molecule has 0 radical (unpaired) electrons. The average molecular weight is 351 g/mol. The van der Waals surface area contributed by atoms with Gasteiger partial charge in [0, 0.05) is 11.6 Å². The molecule has 0 fully saturated rings. The van der Waals surface area contributed by atoms with Gasteiger partial charge < -0.3 is 0 Å². The van der Waals surface area contributed by atoms with Crippen molar-refractivity contribution in [3.05, 3.63) is 71.9 Å². The molecule has 1 N–H and O–H groups in total. The molecule has 25 heavy (non-hydrogen) atoms. The standard InChI is InChI=1S/C18H13N3O3S/c19-12-14-8-6-13(7-9-14)11-17(22)21-25(23,24)16-5-1-3-15-4-2-10-20-18(15)16/h1-10H,11H2,(H,21,22). The molecule has 6 nitrogen and oxygen atoms in total. The van der Waals surface area contributed by atoms with Gasteiger partial charge in [0.25, 0.3) is 10.0 Å². The van der Waals surface area contributed by atoms with E-state index in [1.807, 2.05) is 6.07 Å². The fraction of sp³-hybridized carbons (Fsp3) is 0.0556. The Balaban J connectivity index is 1.83. The second-order valence-electron chi connectivity index (χ2n) is 5.35. The number of fused-ring (bicyclic) bond motifs is 1. The van der Waals surface area contributed by atoms with Crippen LogP contribution >= 0.6 is 0 Å². The van der Waals surface area contributed by atoms with Crippen molar-refractivity contribution in [1.29, 1.82) is 5.26 Å². The first kappa shape index (κ1) is 16.6. The molecule has 0 saturated carbocycles. The minimum Gasteiger partial charge on any atom is -0.274 e. The number of amides is 1. The van der Waals surface area contributed by atoms with Gasteiger partial charge in [-0.3, -0.25) is 9.78 Å². The summed E-state index contributed by atoms with van der Waals surface area (Å²) < 4.78 is 27.1. The molecule has 0 aliphatic carbocycles. The Bertz CT molecular complexity index is 1080. The fourth-order valence-corrected chi connectivity index (χ4v) is 3.58. The van der Waals surface area contributed by atoms with Crippen LogP contribution in [-0.4, -0.2) is 19.3 Å². The van der Waals surface area contributed by atoms with E-state index in [2.05, 4.69) is 9.71 Å². The van der Waals surface area contributed by atoms with E-state index in [-0.39, 0.29) is 11.3 Å². The predicted molar refractivity (Wildman–Crippen MR) is 91.9 cm³/mol. The van der Waals surface area contributed by atoms with Crippen LogP contribution in [0.2, 0.25) is 0 Å². The van der Waals surface area contributed by atoms with Crippen molar-refractivity contribution in [2.24, 2.45) is 0 Å². The molecule has 0 saturated heterocycles. The highest BCUT2D eigenvalue weighted by Gasteiger charge is 2.21. The molecule has 1 amide bonds. The number of nitrogens with one attached hydrogen (secondary N) is 1. The van der Waals surface area contributed by atoms with Crippen LogP contribution in [0.3, 0.4) is 0 Å². The minimum absolute atomic E-state index is 0.0428. The van der Waals surface area contributed by atoms with Crippen molar-refractivity contribution in [3.8, 4) is 6.07 Å². The monoisotopic (exact) mass is 351 g/mol. The molecule has 1 aromatic heterocycles. The largest absolute Gasteiger partial charge is 0.274 e. The molecular weight excluding hydrogens is 338 g/mol. The van der Waals surface area contributed by atoms with E-state index in [9.17, 15) is 13.2 Å². The summed E-state index contributed by atoms with van der Waals surface area (Å²) in [4.78, 5) is 16.2. The Morgan fingerprint density at radius 3 is 2.52 bits per heavy atom. The smallest absolute Gasteiger partial charge is 0.266 e. The number of nitriles is 1. The van der Waals surface area contributed by atoms with Gasteiger partial charge in [-0.1, -0.05) is 30.3 Å². The van der Waals surface area contributed by atoms with E-state index in [1.165, 1.54) is 12.3 Å². The van der Waals surface area contributed by atoms with Gasteiger partial charge in [0.15, 0.2) is 0 Å². The van der Waals surface area contributed by atoms with E-state index in [0.717, 1.165) is 0 Å². The minimum atomic E-state index is -4.03. The summed E-state index contributed by atoms with van der Waals surface area (Å²) in [7, 11) is -4.03. The second kappa shape index (κ2) is 6.71. The molecule has 0 unspecified atom stereocenters. The Kier molecular flexibility index (Phi) is 4.46. The van der Waals surface area contributed by atoms with Gasteiger partial charge in [0.05, 0.1) is 23.6 Å². The van der Waals surface area contributed by atoms with Gasteiger partial charge in [0.2, 0.25) is 5.91 Å². The first-order valence-electron chi connectivity index (χ1n) is 7.38. The summed E-state index contributed by atoms with van der Waals surface area (Å²) in [6, 6.07) is 16.6. The van der Waals surface area contributed by atoms with E-state index < -0.39 is 15.9 Å². The zero-order valence-electron chi connectivity index (χ0n) is 13.0. The summed E-state index contributed by atoms with van der Waals surface area (Å²) in [5, 5.41) is 9.43. The Morgan fingerprint density at radius 2 is 1.80 bits per heavy atom. The van der Waals surface area contributed by atoms with Crippen LogP contribution in [-0.2, 0) is 21.2 Å². The molecule has 0 aliphatic rings. The molecule has 124 valence electrons. The summed E-state index contributed by atoms with van der Waals surface area (Å²) >= 11 is 0. The molecule has 0 bridgehead atoms. The van der Waals surface area contributed by atoms with Crippen molar-refractivity contribution in [3.63, 3.8) is 0 Å². The lowest BCUT2D eigenvalue weighted by Crippen LogP contribution is -2.32. The van der Waals surface area contributed by atoms with E-state index in [1.54, 1.807) is 48.5 Å². The van der Waals surface area contributed by atoms with Crippen LogP contribution in [0.1, 0.15) is 11.1 Å². The Morgan fingerprint density at radius 1 is 1.08 bits per heavy atom. The number of rotatable bonds is 4. The van der Waals surface area contributed by atoms with E-state index >= 15 is 0 Å². The highest BCUT2D eigenvalue weighted by Crippen LogP contribution is 2.20. The Hall–Kier alpha value is -3.24. The summed E-state index contributed by atoms with van der Waals surface area (Å²) in [6.45, 7) is 0. The SMILES string of the molecule is N#Cc1ccc(CC(=O)NS(=O)(=O)c2cccc3cccnc23)cc1. The number of hydrogen-bond donors (Lipinski definition) is 1. The molecule has 3 aromatic rings. The molecular formula is C18H13N3O3S. The fourth-order valence-electron chi connectivity index (χ4n) is 2.42. The highest BCUT2D eigenvalue weighted by atomic mass is 32.2. The number of carbonyl (C=O) groups is 1. The number of sulfonamides is 1. The number of benzene rings is 2. The van der Waals surface area contributed by atoms with Crippen LogP contribution in [0.25, 0.3) is 10.9 Å². The van der Waals surface area contributed by atoms with Gasteiger partial charge in [0.1, 0.15) is 4.90 Å². The highest BCUT2D eigenvalue weighted by molar-refractivity contribution is 7.90. The van der Waals surface area contributed by atoms with Gasteiger partial charge in [-0.05, 0) is 29.8 Å². The normalized spacial score (nSPS) is 11.0. The molecule has 0 aliphatic heterocycles. The zero-order chi connectivity index (χ0) is 17.9. The third kappa shape index (κ3) is 3.65. The topological polar surface area (TPSA) is 99.9 Å². The number of carbonyl (C=O) groups excluding carboxylic acids is 1. The van der Waals surface area contributed by atoms with Crippen molar-refractivity contribution in [1.82, 2.24) is 9.71 Å². The zero-order valence-corrected chi connectivity index (χ0v) is 13.8. The molecule has 2 aromatic carbocycles. The lowest BCUT2D eigenvalue weighted by molar-refractivity contribution is -0.118. The molecule has 7 heteroatoms. The van der Waals surface area contributed by atoms with Crippen LogP contribution < -0.4 is 4.72 Å². The van der Waals surface area contributed by atoms with Crippen LogP contribution in [0.4, 0.5) is 0 Å². The lowest BCUT2D eigenvalue weighted by Gasteiger charge is -2.09. The predicted octanol–water partition coefficient (Wildman–Crippen LogP) is 2.15. The lowest BCUT2D eigenvalue weighted by atomic mass is 10.1. The molecule has 0 spiro atoms. The maximum Gasteiger partial charge on any atom is 0.266 e. The van der Waals surface area contributed by atoms with E-state index in [4.69, 9.17) is 5.26 Å². The summed E-state index contributed by atoms with van der Waals surface area (Å²) in [5.41, 5.74) is 1.39. The molecule has 1 heterocycles. The quantitative estimate of drug-likeness (QED) is 0.776. The summed E-state index contributed by atoms with van der Waals surface area (Å²) in [5.74, 6) is -0.655. The average Bonchev–Trinajstić information content (AvgIpc) is 2.61. The summed E-state index contributed by atoms with van der Waals surface area (Å²) in [6.07, 6.45) is 1.39. The van der Waals surface area contributed by atoms with Crippen LogP contribution in [0.5, 0.6) is 0 Å². The maximum atomic E-state index is 12.5. The second-order valence-corrected chi connectivity index (χ2v) is 7.00. The van der Waals surface area contributed by atoms with Crippen molar-refractivity contribution < 1.29 is 13.2 Å². The van der Waals surface area contributed by atoms with Crippen LogP contribution in [0.15, 0.2) is 65.7 Å². The van der Waals surface area contributed by atoms with Gasteiger partial charge in [-0.2, -0.15) is 5.26 Å². The van der Waals surface area contributed by atoms with Crippen molar-refractivity contribution in [2.75, 3.05) is 0 Å². The van der Waals surface area contributed by atoms with Gasteiger partial charge in [-0.25, -0.2) is 13.1 Å². The number of nitrogens with zero attached hydrogens (tertiary/aromatic N) is 2. The first-order chi connectivity index (χ1) is 12.0. The molecule has 0 atom stereocenters. The van der Waals surface area contributed by atoms with Crippen LogP contribution in [0, 0.1) is 11.3 Å². The van der Waals surface area contributed by atoms with Crippen molar-refractivity contribution >= 4 is 26.8 Å². The number of pyridine rings is 1. The number of para-hydroxylation sites is 1.